The van der Waals surface area contributed by atoms with Gasteiger partial charge in [0.25, 0.3) is 0 Å². The van der Waals surface area contributed by atoms with Crippen molar-refractivity contribution in [2.75, 3.05) is 32.9 Å². The van der Waals surface area contributed by atoms with E-state index in [1.54, 1.807) is 0 Å². The number of morpholine rings is 1. The average molecular weight is 166 g/mol. The molecule has 4 heteroatoms. The van der Waals surface area contributed by atoms with E-state index in [4.69, 9.17) is 21.4 Å². The van der Waals surface area contributed by atoms with E-state index >= 15 is 0 Å². The lowest BCUT2D eigenvalue weighted by atomic mass is 10.4. The standard InChI is InChI=1S/C6H12ClNO2/c7-6(5-9)8-1-3-10-4-2-8/h6,9H,1-5H2. The predicted molar refractivity (Wildman–Crippen MR) is 39.1 cm³/mol. The molecule has 0 saturated carbocycles. The lowest BCUT2D eigenvalue weighted by Crippen LogP contribution is -2.42. The van der Waals surface area contributed by atoms with Crippen LogP contribution in [0.3, 0.4) is 0 Å². The SMILES string of the molecule is OCC(Cl)N1CCOCC1. The molecule has 0 aliphatic carbocycles. The minimum absolute atomic E-state index is 0.0154. The number of hydrogen-bond donors (Lipinski definition) is 1. The number of aliphatic hydroxyl groups excluding tert-OH is 1. The first-order valence-electron chi connectivity index (χ1n) is 3.41. The summed E-state index contributed by atoms with van der Waals surface area (Å²) in [4.78, 5) is 2.01. The summed E-state index contributed by atoms with van der Waals surface area (Å²) in [7, 11) is 0. The lowest BCUT2D eigenvalue weighted by Gasteiger charge is -2.29. The molecule has 1 aliphatic rings. The molecule has 0 radical (unpaired) electrons. The van der Waals surface area contributed by atoms with Crippen LogP contribution in [-0.2, 0) is 4.74 Å². The molecule has 0 bridgehead atoms. The fraction of sp³-hybridized carbons (Fsp3) is 1.00. The van der Waals surface area contributed by atoms with Crippen LogP contribution in [0.2, 0.25) is 0 Å². The summed E-state index contributed by atoms with van der Waals surface area (Å²) in [6.45, 7) is 3.12. The molecule has 1 N–H and O–H groups in total. The number of aliphatic hydroxyl groups is 1. The smallest absolute Gasteiger partial charge is 0.109 e. The van der Waals surface area contributed by atoms with Crippen molar-refractivity contribution < 1.29 is 9.84 Å². The zero-order valence-electron chi connectivity index (χ0n) is 5.79. The second-order valence-electron chi connectivity index (χ2n) is 2.27. The van der Waals surface area contributed by atoms with Crippen molar-refractivity contribution in [2.24, 2.45) is 0 Å². The highest BCUT2D eigenvalue weighted by Crippen LogP contribution is 2.06. The molecule has 0 amide bonds. The fourth-order valence-electron chi connectivity index (χ4n) is 0.973. The summed E-state index contributed by atoms with van der Waals surface area (Å²) >= 11 is 5.76. The highest BCUT2D eigenvalue weighted by Gasteiger charge is 2.16. The van der Waals surface area contributed by atoms with Gasteiger partial charge in [-0.05, 0) is 0 Å². The van der Waals surface area contributed by atoms with Gasteiger partial charge >= 0.3 is 0 Å². The van der Waals surface area contributed by atoms with Gasteiger partial charge in [-0.3, -0.25) is 4.90 Å². The van der Waals surface area contributed by atoms with Crippen LogP contribution < -0.4 is 0 Å². The maximum Gasteiger partial charge on any atom is 0.109 e. The third kappa shape index (κ3) is 2.09. The Labute approximate surface area is 65.5 Å². The van der Waals surface area contributed by atoms with E-state index in [1.807, 2.05) is 4.90 Å². The van der Waals surface area contributed by atoms with Crippen molar-refractivity contribution in [3.63, 3.8) is 0 Å². The summed E-state index contributed by atoms with van der Waals surface area (Å²) < 4.78 is 5.11. The van der Waals surface area contributed by atoms with E-state index < -0.39 is 0 Å². The second-order valence-corrected chi connectivity index (χ2v) is 2.77. The number of halogens is 1. The Hall–Kier alpha value is 0.170. The van der Waals surface area contributed by atoms with E-state index in [0.717, 1.165) is 26.3 Å². The van der Waals surface area contributed by atoms with Crippen LogP contribution in [0.1, 0.15) is 0 Å². The van der Waals surface area contributed by atoms with Gasteiger partial charge in [-0.2, -0.15) is 0 Å². The fourth-order valence-corrected chi connectivity index (χ4v) is 1.17. The minimum atomic E-state index is -0.233. The first-order chi connectivity index (χ1) is 4.84. The van der Waals surface area contributed by atoms with Crippen molar-refractivity contribution in [1.29, 1.82) is 0 Å². The molecule has 10 heavy (non-hydrogen) atoms. The average Bonchev–Trinajstić information content (AvgIpc) is 2.05. The van der Waals surface area contributed by atoms with Crippen LogP contribution in [0.15, 0.2) is 0 Å². The summed E-state index contributed by atoms with van der Waals surface area (Å²) in [5.41, 5.74) is -0.233. The van der Waals surface area contributed by atoms with Crippen molar-refractivity contribution in [3.05, 3.63) is 0 Å². The Bertz CT molecular complexity index is 95.7. The van der Waals surface area contributed by atoms with Gasteiger partial charge in [0.1, 0.15) is 5.50 Å². The van der Waals surface area contributed by atoms with Gasteiger partial charge in [0.05, 0.1) is 19.8 Å². The number of alkyl halides is 1. The minimum Gasteiger partial charge on any atom is -0.393 e. The highest BCUT2D eigenvalue weighted by molar-refractivity contribution is 6.20. The molecule has 0 spiro atoms. The third-order valence-electron chi connectivity index (χ3n) is 1.59. The zero-order chi connectivity index (χ0) is 7.40. The largest absolute Gasteiger partial charge is 0.393 e. The van der Waals surface area contributed by atoms with Crippen molar-refractivity contribution in [2.45, 2.75) is 5.50 Å². The molecule has 0 aromatic rings. The molecule has 0 aromatic carbocycles. The maximum absolute atomic E-state index is 8.67. The van der Waals surface area contributed by atoms with E-state index in [0.29, 0.717) is 0 Å². The Morgan fingerprint density at radius 2 is 2.10 bits per heavy atom. The van der Waals surface area contributed by atoms with Crippen molar-refractivity contribution >= 4 is 11.6 Å². The van der Waals surface area contributed by atoms with Crippen molar-refractivity contribution in [3.8, 4) is 0 Å². The quantitative estimate of drug-likeness (QED) is 0.457. The van der Waals surface area contributed by atoms with Crippen LogP contribution in [0.25, 0.3) is 0 Å². The van der Waals surface area contributed by atoms with Crippen LogP contribution in [0.5, 0.6) is 0 Å². The van der Waals surface area contributed by atoms with Crippen LogP contribution in [-0.4, -0.2) is 48.4 Å². The summed E-state index contributed by atoms with van der Waals surface area (Å²) in [6.07, 6.45) is 0. The van der Waals surface area contributed by atoms with Gasteiger partial charge in [0.2, 0.25) is 0 Å². The molecule has 60 valence electrons. The molecule has 0 aromatic heterocycles. The normalized spacial score (nSPS) is 24.6. The van der Waals surface area contributed by atoms with Gasteiger partial charge in [0.15, 0.2) is 0 Å². The molecule has 1 fully saturated rings. The highest BCUT2D eigenvalue weighted by atomic mass is 35.5. The van der Waals surface area contributed by atoms with Gasteiger partial charge in [0, 0.05) is 13.1 Å². The predicted octanol–water partition coefficient (Wildman–Crippen LogP) is -0.124. The van der Waals surface area contributed by atoms with Crippen molar-refractivity contribution in [1.82, 2.24) is 4.90 Å². The zero-order valence-corrected chi connectivity index (χ0v) is 6.55. The van der Waals surface area contributed by atoms with Gasteiger partial charge in [-0.15, -0.1) is 11.6 Å². The van der Waals surface area contributed by atoms with Gasteiger partial charge in [-0.1, -0.05) is 0 Å². The first kappa shape index (κ1) is 8.27. The number of ether oxygens (including phenoxy) is 1. The third-order valence-corrected chi connectivity index (χ3v) is 2.01. The van der Waals surface area contributed by atoms with Crippen LogP contribution >= 0.6 is 11.6 Å². The summed E-state index contributed by atoms with van der Waals surface area (Å²) in [5.74, 6) is 0. The molecular formula is C6H12ClNO2. The summed E-state index contributed by atoms with van der Waals surface area (Å²) in [5, 5.41) is 8.67. The molecule has 1 aliphatic heterocycles. The molecule has 1 unspecified atom stereocenters. The molecule has 3 nitrogen and oxygen atoms in total. The Morgan fingerprint density at radius 1 is 1.50 bits per heavy atom. The maximum atomic E-state index is 8.67. The van der Waals surface area contributed by atoms with E-state index in [2.05, 4.69) is 0 Å². The monoisotopic (exact) mass is 165 g/mol. The van der Waals surface area contributed by atoms with Crippen LogP contribution in [0, 0.1) is 0 Å². The summed E-state index contributed by atoms with van der Waals surface area (Å²) in [6, 6.07) is 0. The second kappa shape index (κ2) is 4.13. The lowest BCUT2D eigenvalue weighted by molar-refractivity contribution is 0.0218. The Balaban J connectivity index is 2.24. The number of hydrogen-bond acceptors (Lipinski definition) is 3. The molecule has 1 rings (SSSR count). The Kier molecular flexibility index (Phi) is 3.42. The molecule has 1 saturated heterocycles. The van der Waals surface area contributed by atoms with E-state index in [1.165, 1.54) is 0 Å². The topological polar surface area (TPSA) is 32.7 Å². The van der Waals surface area contributed by atoms with E-state index in [-0.39, 0.29) is 12.1 Å². The number of nitrogens with zero attached hydrogens (tertiary/aromatic N) is 1. The number of rotatable bonds is 2. The van der Waals surface area contributed by atoms with E-state index in [9.17, 15) is 0 Å². The molecule has 1 heterocycles. The molecule has 1 atom stereocenters. The first-order valence-corrected chi connectivity index (χ1v) is 3.85. The molecular weight excluding hydrogens is 154 g/mol. The van der Waals surface area contributed by atoms with Gasteiger partial charge in [-0.25, -0.2) is 0 Å². The van der Waals surface area contributed by atoms with Gasteiger partial charge < -0.3 is 9.84 Å². The Morgan fingerprint density at radius 3 is 2.60 bits per heavy atom. The van der Waals surface area contributed by atoms with Crippen LogP contribution in [0.4, 0.5) is 0 Å².